The fourth-order valence-electron chi connectivity index (χ4n) is 4.19. The zero-order valence-electron chi connectivity index (χ0n) is 18.8. The summed E-state index contributed by atoms with van der Waals surface area (Å²) in [5.41, 5.74) is 2.20. The highest BCUT2D eigenvalue weighted by molar-refractivity contribution is 6.03. The molecule has 2 aliphatic heterocycles. The second-order valence-corrected chi connectivity index (χ2v) is 8.20. The molecular formula is C24H29FN4O3. The molecule has 0 unspecified atom stereocenters. The molecule has 0 aliphatic carbocycles. The van der Waals surface area contributed by atoms with Gasteiger partial charge in [0.2, 0.25) is 0 Å². The van der Waals surface area contributed by atoms with E-state index in [9.17, 15) is 9.18 Å². The fraction of sp³-hybridized carbons (Fsp3) is 0.417. The molecule has 2 heterocycles. The number of nitrogens with zero attached hydrogens (tertiary/aromatic N) is 4. The van der Waals surface area contributed by atoms with E-state index < -0.39 is 0 Å². The Labute approximate surface area is 188 Å². The molecule has 32 heavy (non-hydrogen) atoms. The lowest BCUT2D eigenvalue weighted by Gasteiger charge is -2.33. The second kappa shape index (κ2) is 9.67. The maximum Gasteiger partial charge on any atom is 0.257 e. The third kappa shape index (κ3) is 4.76. The lowest BCUT2D eigenvalue weighted by Crippen LogP contribution is -2.48. The van der Waals surface area contributed by atoms with Gasteiger partial charge in [0, 0.05) is 49.8 Å². The number of benzene rings is 2. The Hall–Kier alpha value is -2.97. The van der Waals surface area contributed by atoms with E-state index in [1.807, 2.05) is 18.2 Å². The molecule has 0 saturated carbocycles. The van der Waals surface area contributed by atoms with Crippen LogP contribution >= 0.6 is 0 Å². The summed E-state index contributed by atoms with van der Waals surface area (Å²) >= 11 is 0. The summed E-state index contributed by atoms with van der Waals surface area (Å²) in [5.74, 6) is 0.891. The number of halogens is 1. The van der Waals surface area contributed by atoms with Gasteiger partial charge >= 0.3 is 0 Å². The lowest BCUT2D eigenvalue weighted by molar-refractivity contribution is -0.134. The van der Waals surface area contributed by atoms with E-state index in [1.165, 1.54) is 12.1 Å². The quantitative estimate of drug-likeness (QED) is 0.692. The Morgan fingerprint density at radius 1 is 1.09 bits per heavy atom. The van der Waals surface area contributed by atoms with E-state index in [0.717, 1.165) is 31.7 Å². The minimum atomic E-state index is -0.339. The number of ether oxygens (including phenoxy) is 2. The van der Waals surface area contributed by atoms with Gasteiger partial charge in [-0.2, -0.15) is 5.10 Å². The summed E-state index contributed by atoms with van der Waals surface area (Å²) in [5, 5.41) is 6.21. The van der Waals surface area contributed by atoms with Gasteiger partial charge in [-0.1, -0.05) is 12.1 Å². The molecule has 1 saturated heterocycles. The summed E-state index contributed by atoms with van der Waals surface area (Å²) < 4.78 is 24.8. The number of carbonyl (C=O) groups is 1. The van der Waals surface area contributed by atoms with Crippen molar-refractivity contribution in [3.63, 3.8) is 0 Å². The molecule has 2 aliphatic rings. The normalized spacial score (nSPS) is 19.7. The zero-order chi connectivity index (χ0) is 22.7. The molecule has 1 fully saturated rings. The van der Waals surface area contributed by atoms with Crippen LogP contribution in [0.1, 0.15) is 23.6 Å². The number of piperazine rings is 1. The van der Waals surface area contributed by atoms with Crippen LogP contribution in [-0.4, -0.2) is 80.4 Å². The molecule has 4 rings (SSSR count). The monoisotopic (exact) mass is 440 g/mol. The van der Waals surface area contributed by atoms with Crippen LogP contribution in [0.25, 0.3) is 0 Å². The molecule has 2 aromatic rings. The van der Waals surface area contributed by atoms with Gasteiger partial charge < -0.3 is 14.4 Å². The third-order valence-electron chi connectivity index (χ3n) is 6.08. The molecule has 0 aromatic heterocycles. The van der Waals surface area contributed by atoms with E-state index in [4.69, 9.17) is 9.47 Å². The molecule has 0 N–H and O–H groups in total. The van der Waals surface area contributed by atoms with E-state index in [-0.39, 0.29) is 17.8 Å². The molecule has 1 atom stereocenters. The average molecular weight is 441 g/mol. The van der Waals surface area contributed by atoms with Gasteiger partial charge in [-0.15, -0.1) is 0 Å². The first-order valence-electron chi connectivity index (χ1n) is 10.8. The molecule has 8 heteroatoms. The van der Waals surface area contributed by atoms with Crippen molar-refractivity contribution in [2.75, 3.05) is 54.0 Å². The number of amides is 1. The van der Waals surface area contributed by atoms with Crippen molar-refractivity contribution < 1.29 is 18.7 Å². The first kappa shape index (κ1) is 22.2. The van der Waals surface area contributed by atoms with Crippen molar-refractivity contribution in [1.29, 1.82) is 0 Å². The molecule has 0 radical (unpaired) electrons. The highest BCUT2D eigenvalue weighted by atomic mass is 19.1. The predicted molar refractivity (Wildman–Crippen MR) is 121 cm³/mol. The van der Waals surface area contributed by atoms with E-state index in [0.29, 0.717) is 35.7 Å². The number of hydrogen-bond donors (Lipinski definition) is 0. The number of hydrogen-bond acceptors (Lipinski definition) is 6. The summed E-state index contributed by atoms with van der Waals surface area (Å²) in [6.45, 7) is 3.84. The van der Waals surface area contributed by atoms with E-state index in [2.05, 4.69) is 21.9 Å². The van der Waals surface area contributed by atoms with Crippen LogP contribution in [-0.2, 0) is 4.79 Å². The van der Waals surface area contributed by atoms with Crippen LogP contribution < -0.4 is 9.47 Å². The maximum absolute atomic E-state index is 13.9. The van der Waals surface area contributed by atoms with Crippen LogP contribution in [0.4, 0.5) is 4.39 Å². The van der Waals surface area contributed by atoms with E-state index in [1.54, 1.807) is 31.4 Å². The highest BCUT2D eigenvalue weighted by Gasteiger charge is 2.35. The number of hydrazone groups is 1. The van der Waals surface area contributed by atoms with Crippen LogP contribution in [0.5, 0.6) is 11.5 Å². The summed E-state index contributed by atoms with van der Waals surface area (Å²) in [6, 6.07) is 11.6. The molecular weight excluding hydrogens is 411 g/mol. The largest absolute Gasteiger partial charge is 0.497 e. The minimum Gasteiger partial charge on any atom is -0.497 e. The Bertz CT molecular complexity index is 1000. The smallest absolute Gasteiger partial charge is 0.257 e. The van der Waals surface area contributed by atoms with Gasteiger partial charge in [0.15, 0.2) is 0 Å². The minimum absolute atomic E-state index is 0.0798. The third-order valence-corrected chi connectivity index (χ3v) is 6.08. The summed E-state index contributed by atoms with van der Waals surface area (Å²) in [7, 11) is 5.28. The molecule has 0 spiro atoms. The number of likely N-dealkylation sites (N-methyl/N-ethyl adjacent to an activating group) is 1. The first-order chi connectivity index (χ1) is 15.5. The van der Waals surface area contributed by atoms with Gasteiger partial charge in [0.25, 0.3) is 5.91 Å². The lowest BCUT2D eigenvalue weighted by atomic mass is 9.97. The summed E-state index contributed by atoms with van der Waals surface area (Å²) in [4.78, 5) is 17.8. The average Bonchev–Trinajstić information content (AvgIpc) is 3.25. The standard InChI is InChI=1S/C24H29FN4O3/c1-27-9-11-28(12-10-27)16-24(30)29-22(20-8-7-19(31-2)14-23(20)32-3)15-21(26-29)17-5-4-6-18(25)13-17/h4-8,13-14,22H,9-12,15-16H2,1-3H3/t22-/m0/s1. The summed E-state index contributed by atoms with van der Waals surface area (Å²) in [6.07, 6.45) is 0.473. The number of methoxy groups -OCH3 is 2. The Balaban J connectivity index is 1.64. The van der Waals surface area contributed by atoms with Gasteiger partial charge in [-0.05, 0) is 31.3 Å². The highest BCUT2D eigenvalue weighted by Crippen LogP contribution is 2.39. The van der Waals surface area contributed by atoms with Gasteiger partial charge in [-0.3, -0.25) is 9.69 Å². The fourth-order valence-corrected chi connectivity index (χ4v) is 4.19. The van der Waals surface area contributed by atoms with Crippen LogP contribution in [0.2, 0.25) is 0 Å². The van der Waals surface area contributed by atoms with Gasteiger partial charge in [0.1, 0.15) is 17.3 Å². The predicted octanol–water partition coefficient (Wildman–Crippen LogP) is 2.77. The zero-order valence-corrected chi connectivity index (χ0v) is 18.8. The second-order valence-electron chi connectivity index (χ2n) is 8.20. The molecule has 7 nitrogen and oxygen atoms in total. The van der Waals surface area contributed by atoms with Crippen molar-refractivity contribution >= 4 is 11.6 Å². The van der Waals surface area contributed by atoms with Crippen molar-refractivity contribution in [2.24, 2.45) is 5.10 Å². The first-order valence-corrected chi connectivity index (χ1v) is 10.8. The maximum atomic E-state index is 13.9. The topological polar surface area (TPSA) is 57.6 Å². The molecule has 0 bridgehead atoms. The van der Waals surface area contributed by atoms with E-state index >= 15 is 0 Å². The molecule has 170 valence electrons. The van der Waals surface area contributed by atoms with Crippen molar-refractivity contribution in [2.45, 2.75) is 12.5 Å². The Morgan fingerprint density at radius 3 is 2.56 bits per heavy atom. The Kier molecular flexibility index (Phi) is 6.72. The number of carbonyl (C=O) groups excluding carboxylic acids is 1. The molecule has 2 aromatic carbocycles. The SMILES string of the molecule is COc1ccc([C@@H]2CC(c3cccc(F)c3)=NN2C(=O)CN2CCN(C)CC2)c(OC)c1. The van der Waals surface area contributed by atoms with Crippen molar-refractivity contribution in [1.82, 2.24) is 14.8 Å². The molecule has 1 amide bonds. The van der Waals surface area contributed by atoms with Crippen LogP contribution in [0, 0.1) is 5.82 Å². The van der Waals surface area contributed by atoms with Crippen molar-refractivity contribution in [3.05, 3.63) is 59.4 Å². The van der Waals surface area contributed by atoms with Crippen LogP contribution in [0.15, 0.2) is 47.6 Å². The van der Waals surface area contributed by atoms with Gasteiger partial charge in [-0.25, -0.2) is 9.40 Å². The van der Waals surface area contributed by atoms with Crippen LogP contribution in [0.3, 0.4) is 0 Å². The number of rotatable bonds is 6. The van der Waals surface area contributed by atoms with Gasteiger partial charge in [0.05, 0.1) is 32.5 Å². The Morgan fingerprint density at radius 2 is 1.88 bits per heavy atom. The van der Waals surface area contributed by atoms with Crippen molar-refractivity contribution in [3.8, 4) is 11.5 Å².